The average Bonchev–Trinajstić information content (AvgIpc) is 3.17. The van der Waals surface area contributed by atoms with Crippen LogP contribution in [0.3, 0.4) is 0 Å². The van der Waals surface area contributed by atoms with Crippen LogP contribution in [0.2, 0.25) is 0 Å². The van der Waals surface area contributed by atoms with Crippen molar-refractivity contribution in [1.29, 1.82) is 0 Å². The Balaban J connectivity index is 2.10. The lowest BCUT2D eigenvalue weighted by atomic mass is 9.93. The molecule has 0 spiro atoms. The van der Waals surface area contributed by atoms with E-state index in [1.54, 1.807) is 6.20 Å². The van der Waals surface area contributed by atoms with Gasteiger partial charge in [-0.05, 0) is 39.3 Å². The van der Waals surface area contributed by atoms with Gasteiger partial charge in [-0.15, -0.1) is 11.3 Å². The molecule has 5 nitrogen and oxygen atoms in total. The van der Waals surface area contributed by atoms with E-state index in [0.717, 1.165) is 11.3 Å². The van der Waals surface area contributed by atoms with Crippen LogP contribution in [0.1, 0.15) is 68.2 Å². The number of thiazole rings is 1. The predicted octanol–water partition coefficient (Wildman–Crippen LogP) is 5.72. The third kappa shape index (κ3) is 4.02. The number of aryl methyl sites for hydroxylation is 1. The molecule has 0 amide bonds. The quantitative estimate of drug-likeness (QED) is 0.518. The summed E-state index contributed by atoms with van der Waals surface area (Å²) in [5, 5.41) is 3.06. The van der Waals surface area contributed by atoms with Gasteiger partial charge in [0.1, 0.15) is 5.60 Å². The summed E-state index contributed by atoms with van der Waals surface area (Å²) in [7, 11) is 0. The van der Waals surface area contributed by atoms with Crippen LogP contribution in [0.4, 0.5) is 4.79 Å². The van der Waals surface area contributed by atoms with Gasteiger partial charge >= 0.3 is 6.09 Å². The van der Waals surface area contributed by atoms with E-state index >= 15 is 0 Å². The molecule has 0 atom stereocenters. The average molecular weight is 399 g/mol. The predicted molar refractivity (Wildman–Crippen MR) is 113 cm³/mol. The van der Waals surface area contributed by atoms with Gasteiger partial charge in [0.2, 0.25) is 5.78 Å². The second kappa shape index (κ2) is 6.85. The summed E-state index contributed by atoms with van der Waals surface area (Å²) in [5.74, 6) is -0.184. The topological polar surface area (TPSA) is 61.2 Å². The van der Waals surface area contributed by atoms with Gasteiger partial charge in [0.15, 0.2) is 5.01 Å². The van der Waals surface area contributed by atoms with Crippen molar-refractivity contribution < 1.29 is 14.3 Å². The maximum absolute atomic E-state index is 13.2. The first-order valence-electron chi connectivity index (χ1n) is 9.22. The zero-order chi connectivity index (χ0) is 20.9. The lowest BCUT2D eigenvalue weighted by molar-refractivity contribution is 0.0544. The number of rotatable bonds is 2. The summed E-state index contributed by atoms with van der Waals surface area (Å²) in [6, 6.07) is 5.69. The van der Waals surface area contributed by atoms with Gasteiger partial charge in [-0.1, -0.05) is 32.9 Å². The minimum absolute atomic E-state index is 0.128. The summed E-state index contributed by atoms with van der Waals surface area (Å²) in [4.78, 5) is 30.4. The maximum Gasteiger partial charge on any atom is 0.419 e. The fourth-order valence-electron chi connectivity index (χ4n) is 2.82. The van der Waals surface area contributed by atoms with Crippen molar-refractivity contribution in [3.8, 4) is 0 Å². The Morgan fingerprint density at radius 3 is 2.36 bits per heavy atom. The summed E-state index contributed by atoms with van der Waals surface area (Å²) in [6.07, 6.45) is 1.07. The molecule has 0 N–H and O–H groups in total. The molecule has 2 heterocycles. The number of ether oxygens (including phenoxy) is 1. The molecule has 0 aliphatic heterocycles. The van der Waals surface area contributed by atoms with Gasteiger partial charge in [-0.25, -0.2) is 9.78 Å². The fraction of sp³-hybridized carbons (Fsp3) is 0.409. The highest BCUT2D eigenvalue weighted by molar-refractivity contribution is 7.12. The molecule has 0 bridgehead atoms. The van der Waals surface area contributed by atoms with E-state index in [2.05, 4.69) is 25.8 Å². The van der Waals surface area contributed by atoms with E-state index in [1.165, 1.54) is 15.9 Å². The highest BCUT2D eigenvalue weighted by Crippen LogP contribution is 2.29. The Morgan fingerprint density at radius 1 is 1.11 bits per heavy atom. The number of carbonyl (C=O) groups excluding carboxylic acids is 2. The lowest BCUT2D eigenvalue weighted by Gasteiger charge is -2.19. The first-order chi connectivity index (χ1) is 12.9. The smallest absolute Gasteiger partial charge is 0.419 e. The van der Waals surface area contributed by atoms with Crippen LogP contribution in [-0.2, 0) is 10.2 Å². The summed E-state index contributed by atoms with van der Waals surface area (Å²) >= 11 is 1.33. The molecular formula is C22H26N2O3S. The standard InChI is InChI=1S/C22H26N2O3S/c1-13-8-9-14-15(18(25)19-23-17(12-28-19)21(2,3)4)11-24(16(14)10-13)20(26)27-22(5,6)7/h8-12H,1-7H3. The van der Waals surface area contributed by atoms with Crippen LogP contribution >= 0.6 is 11.3 Å². The molecule has 1 aromatic carbocycles. The third-order valence-corrected chi connectivity index (χ3v) is 5.10. The summed E-state index contributed by atoms with van der Waals surface area (Å²) in [6.45, 7) is 13.6. The molecular weight excluding hydrogens is 372 g/mol. The van der Waals surface area contributed by atoms with Crippen LogP contribution < -0.4 is 0 Å². The van der Waals surface area contributed by atoms with Gasteiger partial charge in [-0.2, -0.15) is 0 Å². The molecule has 148 valence electrons. The molecule has 0 aliphatic rings. The van der Waals surface area contributed by atoms with Gasteiger partial charge in [0, 0.05) is 22.4 Å². The van der Waals surface area contributed by atoms with Crippen molar-refractivity contribution in [3.05, 3.63) is 51.6 Å². The Hall–Kier alpha value is -2.47. The Morgan fingerprint density at radius 2 is 1.79 bits per heavy atom. The first-order valence-corrected chi connectivity index (χ1v) is 10.1. The minimum atomic E-state index is -0.626. The van der Waals surface area contributed by atoms with Crippen LogP contribution in [0.5, 0.6) is 0 Å². The summed E-state index contributed by atoms with van der Waals surface area (Å²) < 4.78 is 6.93. The van der Waals surface area contributed by atoms with Gasteiger partial charge in [0.05, 0.1) is 16.8 Å². The molecule has 0 saturated heterocycles. The third-order valence-electron chi connectivity index (χ3n) is 4.26. The Labute approximate surface area is 169 Å². The Bertz CT molecular complexity index is 1060. The van der Waals surface area contributed by atoms with Gasteiger partial charge in [-0.3, -0.25) is 9.36 Å². The largest absolute Gasteiger partial charge is 0.443 e. The van der Waals surface area contributed by atoms with Crippen molar-refractivity contribution in [2.75, 3.05) is 0 Å². The van der Waals surface area contributed by atoms with E-state index in [-0.39, 0.29) is 11.2 Å². The molecule has 0 aliphatic carbocycles. The van der Waals surface area contributed by atoms with Crippen molar-refractivity contribution in [1.82, 2.24) is 9.55 Å². The molecule has 28 heavy (non-hydrogen) atoms. The fourth-order valence-corrected chi connectivity index (χ4v) is 3.82. The number of carbonyl (C=O) groups is 2. The second-order valence-corrected chi connectivity index (χ2v) is 9.89. The van der Waals surface area contributed by atoms with Crippen LogP contribution in [-0.4, -0.2) is 27.0 Å². The highest BCUT2D eigenvalue weighted by Gasteiger charge is 2.26. The van der Waals surface area contributed by atoms with Crippen LogP contribution in [0.25, 0.3) is 10.9 Å². The first kappa shape index (κ1) is 20.3. The minimum Gasteiger partial charge on any atom is -0.443 e. The van der Waals surface area contributed by atoms with Crippen molar-refractivity contribution in [2.24, 2.45) is 0 Å². The van der Waals surface area contributed by atoms with E-state index < -0.39 is 11.7 Å². The number of aromatic nitrogens is 2. The van der Waals surface area contributed by atoms with Crippen molar-refractivity contribution in [3.63, 3.8) is 0 Å². The van der Waals surface area contributed by atoms with E-state index in [4.69, 9.17) is 4.74 Å². The van der Waals surface area contributed by atoms with Gasteiger partial charge < -0.3 is 4.74 Å². The molecule has 3 aromatic rings. The maximum atomic E-state index is 13.2. The lowest BCUT2D eigenvalue weighted by Crippen LogP contribution is -2.26. The molecule has 0 fully saturated rings. The van der Waals surface area contributed by atoms with Crippen LogP contribution in [0, 0.1) is 6.92 Å². The van der Waals surface area contributed by atoms with E-state index in [0.29, 0.717) is 21.5 Å². The van der Waals surface area contributed by atoms with Crippen molar-refractivity contribution >= 4 is 34.1 Å². The number of ketones is 1. The molecule has 6 heteroatoms. The van der Waals surface area contributed by atoms with Crippen molar-refractivity contribution in [2.45, 2.75) is 59.5 Å². The number of hydrogen-bond donors (Lipinski definition) is 0. The number of benzene rings is 1. The molecule has 3 rings (SSSR count). The Kier molecular flexibility index (Phi) is 4.96. The molecule has 0 unspecified atom stereocenters. The number of hydrogen-bond acceptors (Lipinski definition) is 5. The molecule has 0 saturated carbocycles. The number of nitrogens with zero attached hydrogens (tertiary/aromatic N) is 2. The number of fused-ring (bicyclic) bond motifs is 1. The van der Waals surface area contributed by atoms with E-state index in [9.17, 15) is 9.59 Å². The summed E-state index contributed by atoms with van der Waals surface area (Å²) in [5.41, 5.74) is 2.24. The SMILES string of the molecule is Cc1ccc2c(C(=O)c3nc(C(C)(C)C)cs3)cn(C(=O)OC(C)(C)C)c2c1. The zero-order valence-corrected chi connectivity index (χ0v) is 18.2. The molecule has 0 radical (unpaired) electrons. The van der Waals surface area contributed by atoms with Gasteiger partial charge in [0.25, 0.3) is 0 Å². The zero-order valence-electron chi connectivity index (χ0n) is 17.4. The monoisotopic (exact) mass is 398 g/mol. The van der Waals surface area contributed by atoms with E-state index in [1.807, 2.05) is 51.3 Å². The highest BCUT2D eigenvalue weighted by atomic mass is 32.1. The molecule has 2 aromatic heterocycles. The normalized spacial score (nSPS) is 12.4. The van der Waals surface area contributed by atoms with Crippen LogP contribution in [0.15, 0.2) is 29.8 Å². The second-order valence-electron chi connectivity index (χ2n) is 9.03.